The maximum Gasteiger partial charge on any atom is 0.264 e. The van der Waals surface area contributed by atoms with E-state index < -0.39 is 0 Å². The maximum atomic E-state index is 12.9. The van der Waals surface area contributed by atoms with E-state index in [0.29, 0.717) is 22.3 Å². The summed E-state index contributed by atoms with van der Waals surface area (Å²) in [5, 5.41) is 7.38. The highest BCUT2D eigenvalue weighted by atomic mass is 16.2. The fourth-order valence-electron chi connectivity index (χ4n) is 4.15. The summed E-state index contributed by atoms with van der Waals surface area (Å²) in [5.74, 6) is -0.353. The summed E-state index contributed by atoms with van der Waals surface area (Å²) in [4.78, 5) is 44.3. The van der Waals surface area contributed by atoms with Gasteiger partial charge in [0, 0.05) is 24.3 Å². The number of benzene rings is 2. The Morgan fingerprint density at radius 2 is 1.68 bits per heavy atom. The van der Waals surface area contributed by atoms with Crippen LogP contribution in [0.1, 0.15) is 29.6 Å². The van der Waals surface area contributed by atoms with Crippen molar-refractivity contribution in [1.82, 2.24) is 24.2 Å². The van der Waals surface area contributed by atoms with Crippen LogP contribution in [0.25, 0.3) is 16.7 Å². The van der Waals surface area contributed by atoms with Gasteiger partial charge in [0.15, 0.2) is 5.65 Å². The molecule has 1 aliphatic rings. The van der Waals surface area contributed by atoms with Crippen molar-refractivity contribution >= 4 is 28.5 Å². The molecule has 1 fully saturated rings. The lowest BCUT2D eigenvalue weighted by Gasteiger charge is -2.26. The summed E-state index contributed by atoms with van der Waals surface area (Å²) in [7, 11) is 0. The number of fused-ring (bicyclic) bond motifs is 1. The van der Waals surface area contributed by atoms with Crippen molar-refractivity contribution in [3.8, 4) is 5.69 Å². The van der Waals surface area contributed by atoms with Crippen LogP contribution in [0, 0.1) is 0 Å². The third-order valence-corrected chi connectivity index (χ3v) is 5.93. The number of aromatic nitrogens is 4. The highest BCUT2D eigenvalue weighted by Gasteiger charge is 2.18. The second-order valence-electron chi connectivity index (χ2n) is 8.29. The number of amides is 2. The Bertz CT molecular complexity index is 1390. The Morgan fingerprint density at radius 3 is 2.41 bits per heavy atom. The molecule has 3 heterocycles. The van der Waals surface area contributed by atoms with Crippen LogP contribution >= 0.6 is 0 Å². The molecule has 2 aromatic carbocycles. The molecule has 1 aliphatic heterocycles. The molecule has 9 nitrogen and oxygen atoms in total. The number of hydrogen-bond donors (Lipinski definition) is 1. The highest BCUT2D eigenvalue weighted by molar-refractivity contribution is 5.96. The zero-order valence-electron chi connectivity index (χ0n) is 18.6. The van der Waals surface area contributed by atoms with Gasteiger partial charge in [0.25, 0.3) is 11.5 Å². The number of hydrogen-bond acceptors (Lipinski definition) is 5. The largest absolute Gasteiger partial charge is 0.339 e. The molecule has 172 valence electrons. The van der Waals surface area contributed by atoms with Gasteiger partial charge in [-0.05, 0) is 55.7 Å². The standard InChI is InChI=1S/C25H24N6O3/c32-22(28-19-11-9-18(10-12-19)24(33)29-13-5-2-6-14-29)16-30-17-26-23-21(25(30)34)15-27-31(23)20-7-3-1-4-8-20/h1,3-4,7-12,15,17H,2,5-6,13-14,16H2,(H,28,32). The molecule has 4 aromatic rings. The molecule has 0 aliphatic carbocycles. The van der Waals surface area contributed by atoms with E-state index in [-0.39, 0.29) is 23.9 Å². The average molecular weight is 457 g/mol. The SMILES string of the molecule is O=C(Cn1cnc2c(cnn2-c2ccccc2)c1=O)Nc1ccc(C(=O)N2CCCCC2)cc1. The lowest BCUT2D eigenvalue weighted by atomic mass is 10.1. The van der Waals surface area contributed by atoms with Crippen molar-refractivity contribution in [2.24, 2.45) is 0 Å². The van der Waals surface area contributed by atoms with Gasteiger partial charge in [-0.2, -0.15) is 5.10 Å². The summed E-state index contributed by atoms with van der Waals surface area (Å²) in [6, 6.07) is 16.2. The van der Waals surface area contributed by atoms with E-state index >= 15 is 0 Å². The van der Waals surface area contributed by atoms with Gasteiger partial charge in [0.1, 0.15) is 18.3 Å². The Morgan fingerprint density at radius 1 is 0.941 bits per heavy atom. The number of rotatable bonds is 5. The Hall–Kier alpha value is -4.27. The van der Waals surface area contributed by atoms with Crippen LogP contribution in [-0.4, -0.2) is 49.1 Å². The van der Waals surface area contributed by atoms with Gasteiger partial charge < -0.3 is 10.2 Å². The minimum absolute atomic E-state index is 0.0135. The third kappa shape index (κ3) is 4.32. The monoisotopic (exact) mass is 456 g/mol. The second-order valence-corrected chi connectivity index (χ2v) is 8.29. The number of carbonyl (C=O) groups excluding carboxylic acids is 2. The lowest BCUT2D eigenvalue weighted by Crippen LogP contribution is -2.35. The van der Waals surface area contributed by atoms with Gasteiger partial charge in [0.05, 0.1) is 11.9 Å². The fraction of sp³-hybridized carbons (Fsp3) is 0.240. The summed E-state index contributed by atoms with van der Waals surface area (Å²) in [5.41, 5.74) is 2.04. The van der Waals surface area contributed by atoms with Crippen molar-refractivity contribution in [3.63, 3.8) is 0 Å². The normalized spacial score (nSPS) is 13.7. The van der Waals surface area contributed by atoms with Gasteiger partial charge >= 0.3 is 0 Å². The molecule has 0 saturated carbocycles. The smallest absolute Gasteiger partial charge is 0.264 e. The molecule has 34 heavy (non-hydrogen) atoms. The van der Waals surface area contributed by atoms with E-state index in [9.17, 15) is 14.4 Å². The zero-order chi connectivity index (χ0) is 23.5. The van der Waals surface area contributed by atoms with Crippen LogP contribution < -0.4 is 10.9 Å². The summed E-state index contributed by atoms with van der Waals surface area (Å²) in [6.07, 6.45) is 6.05. The number of carbonyl (C=O) groups is 2. The molecule has 1 saturated heterocycles. The van der Waals surface area contributed by atoms with E-state index in [0.717, 1.165) is 38.0 Å². The molecular formula is C25H24N6O3. The molecule has 5 rings (SSSR count). The molecular weight excluding hydrogens is 432 g/mol. The zero-order valence-corrected chi connectivity index (χ0v) is 18.6. The molecule has 0 bridgehead atoms. The van der Waals surface area contributed by atoms with Crippen molar-refractivity contribution in [1.29, 1.82) is 0 Å². The highest BCUT2D eigenvalue weighted by Crippen LogP contribution is 2.16. The predicted molar refractivity (Wildman–Crippen MR) is 128 cm³/mol. The van der Waals surface area contributed by atoms with Crippen LogP contribution in [0.5, 0.6) is 0 Å². The first-order valence-electron chi connectivity index (χ1n) is 11.3. The molecule has 0 atom stereocenters. The van der Waals surface area contributed by atoms with E-state index in [1.54, 1.807) is 28.9 Å². The molecule has 0 unspecified atom stereocenters. The first-order chi connectivity index (χ1) is 16.6. The quantitative estimate of drug-likeness (QED) is 0.498. The number of anilines is 1. The number of piperidine rings is 1. The molecule has 1 N–H and O–H groups in total. The molecule has 2 aromatic heterocycles. The predicted octanol–water partition coefficient (Wildman–Crippen LogP) is 2.85. The van der Waals surface area contributed by atoms with Crippen LogP contribution in [-0.2, 0) is 11.3 Å². The first kappa shape index (κ1) is 21.6. The third-order valence-electron chi connectivity index (χ3n) is 5.93. The van der Waals surface area contributed by atoms with Gasteiger partial charge in [0.2, 0.25) is 5.91 Å². The van der Waals surface area contributed by atoms with Gasteiger partial charge in [-0.15, -0.1) is 0 Å². The van der Waals surface area contributed by atoms with Crippen LogP contribution in [0.3, 0.4) is 0 Å². The molecule has 0 radical (unpaired) electrons. The Kier molecular flexibility index (Phi) is 5.90. The van der Waals surface area contributed by atoms with Gasteiger partial charge in [-0.25, -0.2) is 9.67 Å². The van der Waals surface area contributed by atoms with Crippen molar-refractivity contribution < 1.29 is 9.59 Å². The number of nitrogens with one attached hydrogen (secondary N) is 1. The Labute approximate surface area is 195 Å². The van der Waals surface area contributed by atoms with E-state index in [1.807, 2.05) is 35.2 Å². The van der Waals surface area contributed by atoms with Gasteiger partial charge in [-0.1, -0.05) is 18.2 Å². The Balaban J connectivity index is 1.27. The van der Waals surface area contributed by atoms with E-state index in [4.69, 9.17) is 0 Å². The van der Waals surface area contributed by atoms with Gasteiger partial charge in [-0.3, -0.25) is 19.0 Å². The van der Waals surface area contributed by atoms with Crippen LogP contribution in [0.15, 0.2) is 71.9 Å². The fourth-order valence-corrected chi connectivity index (χ4v) is 4.15. The van der Waals surface area contributed by atoms with Crippen molar-refractivity contribution in [2.75, 3.05) is 18.4 Å². The lowest BCUT2D eigenvalue weighted by molar-refractivity contribution is -0.116. The molecule has 0 spiro atoms. The second kappa shape index (κ2) is 9.30. The van der Waals surface area contributed by atoms with Crippen molar-refractivity contribution in [2.45, 2.75) is 25.8 Å². The number of likely N-dealkylation sites (tertiary alicyclic amines) is 1. The number of para-hydroxylation sites is 1. The number of nitrogens with zero attached hydrogens (tertiary/aromatic N) is 5. The minimum Gasteiger partial charge on any atom is -0.339 e. The van der Waals surface area contributed by atoms with Crippen LogP contribution in [0.4, 0.5) is 5.69 Å². The van der Waals surface area contributed by atoms with Crippen LogP contribution in [0.2, 0.25) is 0 Å². The summed E-state index contributed by atoms with van der Waals surface area (Å²) < 4.78 is 2.84. The maximum absolute atomic E-state index is 12.9. The molecule has 2 amide bonds. The van der Waals surface area contributed by atoms with Crippen molar-refractivity contribution in [3.05, 3.63) is 83.0 Å². The minimum atomic E-state index is -0.367. The topological polar surface area (TPSA) is 102 Å². The van der Waals surface area contributed by atoms with E-state index in [1.165, 1.54) is 17.1 Å². The molecule has 9 heteroatoms. The summed E-state index contributed by atoms with van der Waals surface area (Å²) in [6.45, 7) is 1.39. The summed E-state index contributed by atoms with van der Waals surface area (Å²) >= 11 is 0. The first-order valence-corrected chi connectivity index (χ1v) is 11.3. The average Bonchev–Trinajstić information content (AvgIpc) is 3.32. The van der Waals surface area contributed by atoms with E-state index in [2.05, 4.69) is 15.4 Å².